The number of hydrogen-bond donors (Lipinski definition) is 1. The quantitative estimate of drug-likeness (QED) is 0.907. The van der Waals surface area contributed by atoms with Gasteiger partial charge in [0.2, 0.25) is 0 Å². The number of aryl methyl sites for hydroxylation is 2. The number of benzene rings is 1. The Labute approximate surface area is 117 Å². The summed E-state index contributed by atoms with van der Waals surface area (Å²) in [7, 11) is 0. The van der Waals surface area contributed by atoms with E-state index in [1.807, 2.05) is 39.0 Å². The van der Waals surface area contributed by atoms with Crippen molar-refractivity contribution in [3.63, 3.8) is 0 Å². The SMILES string of the molecule is CCNCc1cnn(-c2cc(C)cc(C)c2)c1C(F)F. The van der Waals surface area contributed by atoms with E-state index in [4.69, 9.17) is 0 Å². The molecule has 20 heavy (non-hydrogen) atoms. The summed E-state index contributed by atoms with van der Waals surface area (Å²) in [6, 6.07) is 5.74. The second-order valence-electron chi connectivity index (χ2n) is 4.89. The number of hydrogen-bond acceptors (Lipinski definition) is 2. The van der Waals surface area contributed by atoms with Crippen molar-refractivity contribution in [1.29, 1.82) is 0 Å². The van der Waals surface area contributed by atoms with Gasteiger partial charge in [-0.05, 0) is 43.7 Å². The number of nitrogens with one attached hydrogen (secondary N) is 1. The summed E-state index contributed by atoms with van der Waals surface area (Å²) >= 11 is 0. The molecule has 0 spiro atoms. The first-order valence-electron chi connectivity index (χ1n) is 6.67. The zero-order valence-corrected chi connectivity index (χ0v) is 12.0. The van der Waals surface area contributed by atoms with Gasteiger partial charge in [0.05, 0.1) is 11.9 Å². The highest BCUT2D eigenvalue weighted by Crippen LogP contribution is 2.26. The molecule has 108 valence electrons. The molecular weight excluding hydrogens is 260 g/mol. The van der Waals surface area contributed by atoms with E-state index in [0.29, 0.717) is 17.8 Å². The monoisotopic (exact) mass is 279 g/mol. The fourth-order valence-electron chi connectivity index (χ4n) is 2.30. The molecular formula is C15H19F2N3. The third kappa shape index (κ3) is 3.04. The van der Waals surface area contributed by atoms with Crippen LogP contribution in [0.15, 0.2) is 24.4 Å². The van der Waals surface area contributed by atoms with Crippen LogP contribution >= 0.6 is 0 Å². The lowest BCUT2D eigenvalue weighted by Gasteiger charge is -2.11. The summed E-state index contributed by atoms with van der Waals surface area (Å²) in [5.41, 5.74) is 3.26. The molecule has 1 aromatic heterocycles. The topological polar surface area (TPSA) is 29.9 Å². The molecule has 0 saturated carbocycles. The fraction of sp³-hybridized carbons (Fsp3) is 0.400. The molecule has 1 N–H and O–H groups in total. The highest BCUT2D eigenvalue weighted by atomic mass is 19.3. The summed E-state index contributed by atoms with van der Waals surface area (Å²) in [4.78, 5) is 0. The van der Waals surface area contributed by atoms with Gasteiger partial charge in [0.25, 0.3) is 6.43 Å². The molecule has 5 heteroatoms. The Morgan fingerprint density at radius 3 is 2.40 bits per heavy atom. The van der Waals surface area contributed by atoms with Crippen LogP contribution in [0.1, 0.15) is 35.7 Å². The van der Waals surface area contributed by atoms with Crippen LogP contribution in [0.25, 0.3) is 5.69 Å². The minimum Gasteiger partial charge on any atom is -0.313 e. The summed E-state index contributed by atoms with van der Waals surface area (Å²) < 4.78 is 28.0. The van der Waals surface area contributed by atoms with Crippen LogP contribution in [0.2, 0.25) is 0 Å². The minimum atomic E-state index is -2.55. The van der Waals surface area contributed by atoms with E-state index in [2.05, 4.69) is 10.4 Å². The van der Waals surface area contributed by atoms with E-state index in [1.165, 1.54) is 10.9 Å². The smallest absolute Gasteiger partial charge is 0.280 e. The molecule has 0 saturated heterocycles. The maximum Gasteiger partial charge on any atom is 0.280 e. The van der Waals surface area contributed by atoms with Gasteiger partial charge in [0, 0.05) is 12.1 Å². The van der Waals surface area contributed by atoms with Crippen LogP contribution < -0.4 is 5.32 Å². The normalized spacial score (nSPS) is 11.3. The Kier molecular flexibility index (Phi) is 4.49. The van der Waals surface area contributed by atoms with E-state index in [1.54, 1.807) is 0 Å². The third-order valence-corrected chi connectivity index (χ3v) is 3.11. The first kappa shape index (κ1) is 14.7. The van der Waals surface area contributed by atoms with Crippen LogP contribution in [0.4, 0.5) is 8.78 Å². The minimum absolute atomic E-state index is 0.0315. The zero-order valence-electron chi connectivity index (χ0n) is 12.0. The second-order valence-corrected chi connectivity index (χ2v) is 4.89. The van der Waals surface area contributed by atoms with Gasteiger partial charge in [-0.2, -0.15) is 5.10 Å². The number of nitrogens with zero attached hydrogens (tertiary/aromatic N) is 2. The maximum absolute atomic E-state index is 13.3. The fourth-order valence-corrected chi connectivity index (χ4v) is 2.30. The highest BCUT2D eigenvalue weighted by Gasteiger charge is 2.20. The summed E-state index contributed by atoms with van der Waals surface area (Å²) in [6.45, 7) is 6.97. The lowest BCUT2D eigenvalue weighted by molar-refractivity contribution is 0.141. The molecule has 2 rings (SSSR count). The molecule has 2 aromatic rings. The van der Waals surface area contributed by atoms with Crippen molar-refractivity contribution in [3.05, 3.63) is 46.8 Å². The standard InChI is InChI=1S/C15H19F2N3/c1-4-18-8-12-9-19-20(14(12)15(16)17)13-6-10(2)5-11(3)7-13/h5-7,9,15,18H,4,8H2,1-3H3. The molecule has 0 amide bonds. The van der Waals surface area contributed by atoms with E-state index in [-0.39, 0.29) is 5.69 Å². The molecule has 0 bridgehead atoms. The van der Waals surface area contributed by atoms with Crippen LogP contribution in [0.3, 0.4) is 0 Å². The molecule has 0 aliphatic rings. The average molecular weight is 279 g/mol. The number of aromatic nitrogens is 2. The molecule has 3 nitrogen and oxygen atoms in total. The van der Waals surface area contributed by atoms with Crippen molar-refractivity contribution in [1.82, 2.24) is 15.1 Å². The summed E-state index contributed by atoms with van der Waals surface area (Å²) in [6.07, 6.45) is -1.03. The Bertz CT molecular complexity index is 571. The van der Waals surface area contributed by atoms with E-state index >= 15 is 0 Å². The summed E-state index contributed by atoms with van der Waals surface area (Å²) in [5.74, 6) is 0. The lowest BCUT2D eigenvalue weighted by atomic mass is 10.1. The zero-order chi connectivity index (χ0) is 14.7. The van der Waals surface area contributed by atoms with E-state index in [0.717, 1.165) is 17.7 Å². The molecule has 0 unspecified atom stereocenters. The Balaban J connectivity index is 2.47. The van der Waals surface area contributed by atoms with Gasteiger partial charge in [0.1, 0.15) is 5.69 Å². The number of alkyl halides is 2. The molecule has 0 aliphatic carbocycles. The van der Waals surface area contributed by atoms with Gasteiger partial charge in [0.15, 0.2) is 0 Å². The largest absolute Gasteiger partial charge is 0.313 e. The molecule has 0 radical (unpaired) electrons. The predicted octanol–water partition coefficient (Wildman–Crippen LogP) is 3.54. The first-order chi connectivity index (χ1) is 9.52. The van der Waals surface area contributed by atoms with Crippen LogP contribution in [0, 0.1) is 13.8 Å². The van der Waals surface area contributed by atoms with Crippen molar-refractivity contribution in [2.45, 2.75) is 33.7 Å². The van der Waals surface area contributed by atoms with Crippen molar-refractivity contribution >= 4 is 0 Å². The van der Waals surface area contributed by atoms with Crippen LogP contribution in [-0.2, 0) is 6.54 Å². The van der Waals surface area contributed by atoms with E-state index in [9.17, 15) is 8.78 Å². The molecule has 0 aliphatic heterocycles. The van der Waals surface area contributed by atoms with Gasteiger partial charge in [-0.1, -0.05) is 13.0 Å². The van der Waals surface area contributed by atoms with Gasteiger partial charge in [-0.3, -0.25) is 0 Å². The summed E-state index contributed by atoms with van der Waals surface area (Å²) in [5, 5.41) is 7.20. The van der Waals surface area contributed by atoms with E-state index < -0.39 is 6.43 Å². The molecule has 1 aromatic carbocycles. The van der Waals surface area contributed by atoms with Crippen molar-refractivity contribution < 1.29 is 8.78 Å². The Hall–Kier alpha value is -1.75. The number of rotatable bonds is 5. The Morgan fingerprint density at radius 2 is 1.85 bits per heavy atom. The second kappa shape index (κ2) is 6.13. The molecule has 0 atom stereocenters. The van der Waals surface area contributed by atoms with Crippen LogP contribution in [-0.4, -0.2) is 16.3 Å². The van der Waals surface area contributed by atoms with Crippen molar-refractivity contribution in [2.24, 2.45) is 0 Å². The molecule has 1 heterocycles. The van der Waals surface area contributed by atoms with Crippen molar-refractivity contribution in [3.8, 4) is 5.69 Å². The Morgan fingerprint density at radius 1 is 1.20 bits per heavy atom. The number of halogens is 2. The highest BCUT2D eigenvalue weighted by molar-refractivity contribution is 5.41. The third-order valence-electron chi connectivity index (χ3n) is 3.11. The van der Waals surface area contributed by atoms with Gasteiger partial charge in [-0.15, -0.1) is 0 Å². The van der Waals surface area contributed by atoms with Crippen molar-refractivity contribution in [2.75, 3.05) is 6.54 Å². The van der Waals surface area contributed by atoms with Gasteiger partial charge in [-0.25, -0.2) is 13.5 Å². The predicted molar refractivity (Wildman–Crippen MR) is 75.4 cm³/mol. The average Bonchev–Trinajstić information content (AvgIpc) is 2.79. The van der Waals surface area contributed by atoms with Gasteiger partial charge < -0.3 is 5.32 Å². The molecule has 0 fully saturated rings. The van der Waals surface area contributed by atoms with Crippen LogP contribution in [0.5, 0.6) is 0 Å². The van der Waals surface area contributed by atoms with Gasteiger partial charge >= 0.3 is 0 Å². The first-order valence-corrected chi connectivity index (χ1v) is 6.67. The maximum atomic E-state index is 13.3. The lowest BCUT2D eigenvalue weighted by Crippen LogP contribution is -2.14.